The summed E-state index contributed by atoms with van der Waals surface area (Å²) in [5.41, 5.74) is 0. The van der Waals surface area contributed by atoms with Crippen LogP contribution in [0.15, 0.2) is 12.3 Å². The van der Waals surface area contributed by atoms with Crippen molar-refractivity contribution in [3.8, 4) is 0 Å². The fourth-order valence-corrected chi connectivity index (χ4v) is 0.960. The van der Waals surface area contributed by atoms with Crippen molar-refractivity contribution in [1.29, 1.82) is 0 Å². The normalized spacial score (nSPS) is 10.8. The average molecular weight is 185 g/mol. The summed E-state index contributed by atoms with van der Waals surface area (Å²) in [5, 5.41) is 7.23. The van der Waals surface area contributed by atoms with Gasteiger partial charge in [-0.15, -0.1) is 0 Å². The highest BCUT2D eigenvalue weighted by Gasteiger charge is 2.04. The first-order valence-electron chi connectivity index (χ1n) is 4.05. The molecule has 0 radical (unpaired) electrons. The summed E-state index contributed by atoms with van der Waals surface area (Å²) < 4.78 is 11.8. The molecular weight excluding hydrogens is 170 g/mol. The molecule has 0 spiro atoms. The monoisotopic (exact) mass is 185 g/mol. The van der Waals surface area contributed by atoms with E-state index in [2.05, 4.69) is 10.4 Å². The Hall–Kier alpha value is -1.07. The number of hydrogen-bond donors (Lipinski definition) is 1. The zero-order valence-electron chi connectivity index (χ0n) is 8.15. The van der Waals surface area contributed by atoms with Crippen LogP contribution in [-0.4, -0.2) is 36.8 Å². The van der Waals surface area contributed by atoms with Crippen LogP contribution < -0.4 is 5.32 Å². The predicted octanol–water partition coefficient (Wildman–Crippen LogP) is 0.451. The van der Waals surface area contributed by atoms with Crippen molar-refractivity contribution in [2.24, 2.45) is 7.05 Å². The molecule has 1 heterocycles. The van der Waals surface area contributed by atoms with E-state index < -0.39 is 0 Å². The summed E-state index contributed by atoms with van der Waals surface area (Å²) in [6.45, 7) is 0.587. The second-order valence-corrected chi connectivity index (χ2v) is 2.66. The number of methoxy groups -OCH3 is 2. The number of ether oxygens (including phenoxy) is 2. The highest BCUT2D eigenvalue weighted by atomic mass is 16.7. The SMILES string of the molecule is COC(CNc1ccn(C)n1)OC. The Labute approximate surface area is 77.6 Å². The van der Waals surface area contributed by atoms with Crippen LogP contribution >= 0.6 is 0 Å². The summed E-state index contributed by atoms with van der Waals surface area (Å²) in [7, 11) is 5.08. The van der Waals surface area contributed by atoms with E-state index in [0.717, 1.165) is 5.82 Å². The van der Waals surface area contributed by atoms with Gasteiger partial charge < -0.3 is 14.8 Å². The highest BCUT2D eigenvalue weighted by molar-refractivity contribution is 5.31. The van der Waals surface area contributed by atoms with Crippen molar-refractivity contribution in [2.75, 3.05) is 26.1 Å². The largest absolute Gasteiger partial charge is 0.363 e. The molecule has 1 N–H and O–H groups in total. The van der Waals surface area contributed by atoms with E-state index in [1.807, 2.05) is 19.3 Å². The van der Waals surface area contributed by atoms with Gasteiger partial charge in [-0.2, -0.15) is 5.10 Å². The molecule has 1 rings (SSSR count). The van der Waals surface area contributed by atoms with Crippen LogP contribution in [0.25, 0.3) is 0 Å². The fraction of sp³-hybridized carbons (Fsp3) is 0.625. The molecule has 0 aliphatic carbocycles. The predicted molar refractivity (Wildman–Crippen MR) is 49.5 cm³/mol. The van der Waals surface area contributed by atoms with Crippen molar-refractivity contribution in [1.82, 2.24) is 9.78 Å². The van der Waals surface area contributed by atoms with Crippen molar-refractivity contribution < 1.29 is 9.47 Å². The Morgan fingerprint density at radius 2 is 2.23 bits per heavy atom. The quantitative estimate of drug-likeness (QED) is 0.677. The van der Waals surface area contributed by atoms with E-state index >= 15 is 0 Å². The van der Waals surface area contributed by atoms with Crippen molar-refractivity contribution in [2.45, 2.75) is 6.29 Å². The van der Waals surface area contributed by atoms with Gasteiger partial charge in [0, 0.05) is 33.5 Å². The van der Waals surface area contributed by atoms with Crippen LogP contribution in [-0.2, 0) is 16.5 Å². The molecule has 0 saturated heterocycles. The molecule has 13 heavy (non-hydrogen) atoms. The zero-order chi connectivity index (χ0) is 9.68. The molecule has 0 aliphatic rings. The number of aromatic nitrogens is 2. The standard InChI is InChI=1S/C8H15N3O2/c1-11-5-4-7(10-11)9-6-8(12-2)13-3/h4-5,8H,6H2,1-3H3,(H,9,10). The molecule has 1 aromatic rings. The van der Waals surface area contributed by atoms with Crippen molar-refractivity contribution in [3.05, 3.63) is 12.3 Å². The smallest absolute Gasteiger partial charge is 0.173 e. The molecule has 0 aromatic carbocycles. The molecule has 0 aliphatic heterocycles. The molecule has 1 aromatic heterocycles. The second-order valence-electron chi connectivity index (χ2n) is 2.66. The van der Waals surface area contributed by atoms with E-state index in [1.165, 1.54) is 0 Å². The van der Waals surface area contributed by atoms with Gasteiger partial charge in [-0.25, -0.2) is 0 Å². The summed E-state index contributed by atoms with van der Waals surface area (Å²) in [6, 6.07) is 1.89. The molecule has 0 amide bonds. The van der Waals surface area contributed by atoms with Gasteiger partial charge in [0.2, 0.25) is 0 Å². The van der Waals surface area contributed by atoms with Crippen molar-refractivity contribution >= 4 is 5.82 Å². The van der Waals surface area contributed by atoms with Gasteiger partial charge in [-0.3, -0.25) is 4.68 Å². The lowest BCUT2D eigenvalue weighted by atomic mass is 10.5. The van der Waals surface area contributed by atoms with Crippen LogP contribution in [0.5, 0.6) is 0 Å². The fourth-order valence-electron chi connectivity index (χ4n) is 0.960. The summed E-state index contributed by atoms with van der Waals surface area (Å²) in [6.07, 6.45) is 1.64. The number of aryl methyl sites for hydroxylation is 1. The van der Waals surface area contributed by atoms with Gasteiger partial charge in [-0.1, -0.05) is 0 Å². The lowest BCUT2D eigenvalue weighted by Gasteiger charge is -2.13. The number of rotatable bonds is 5. The molecule has 0 bridgehead atoms. The van der Waals surface area contributed by atoms with Crippen LogP contribution in [0, 0.1) is 0 Å². The van der Waals surface area contributed by atoms with E-state index in [0.29, 0.717) is 6.54 Å². The van der Waals surface area contributed by atoms with Crippen LogP contribution in [0.3, 0.4) is 0 Å². The first-order chi connectivity index (χ1) is 6.26. The Balaban J connectivity index is 2.33. The second kappa shape index (κ2) is 4.84. The third kappa shape index (κ3) is 3.04. The molecular formula is C8H15N3O2. The van der Waals surface area contributed by atoms with Gasteiger partial charge in [-0.05, 0) is 0 Å². The van der Waals surface area contributed by atoms with Gasteiger partial charge in [0.25, 0.3) is 0 Å². The van der Waals surface area contributed by atoms with E-state index in [-0.39, 0.29) is 6.29 Å². The molecule has 74 valence electrons. The molecule has 0 saturated carbocycles. The maximum atomic E-state index is 5.01. The van der Waals surface area contributed by atoms with Gasteiger partial charge in [0.1, 0.15) is 5.82 Å². The molecule has 0 fully saturated rings. The minimum Gasteiger partial charge on any atom is -0.363 e. The molecule has 5 heteroatoms. The maximum absolute atomic E-state index is 5.01. The minimum absolute atomic E-state index is 0.234. The third-order valence-corrected chi connectivity index (χ3v) is 1.69. The number of hydrogen-bond acceptors (Lipinski definition) is 4. The molecule has 5 nitrogen and oxygen atoms in total. The number of anilines is 1. The van der Waals surface area contributed by atoms with Gasteiger partial charge in [0.05, 0.1) is 6.54 Å². The average Bonchev–Trinajstić information content (AvgIpc) is 2.53. The Kier molecular flexibility index (Phi) is 3.72. The van der Waals surface area contributed by atoms with Crippen LogP contribution in [0.2, 0.25) is 0 Å². The third-order valence-electron chi connectivity index (χ3n) is 1.69. The Morgan fingerprint density at radius 3 is 2.69 bits per heavy atom. The maximum Gasteiger partial charge on any atom is 0.173 e. The first kappa shape index (κ1) is 10.0. The molecule has 0 atom stereocenters. The lowest BCUT2D eigenvalue weighted by molar-refractivity contribution is -0.0914. The van der Waals surface area contributed by atoms with E-state index in [4.69, 9.17) is 9.47 Å². The zero-order valence-corrected chi connectivity index (χ0v) is 8.15. The van der Waals surface area contributed by atoms with Crippen LogP contribution in [0.1, 0.15) is 0 Å². The summed E-state index contributed by atoms with van der Waals surface area (Å²) in [4.78, 5) is 0. The van der Waals surface area contributed by atoms with Crippen molar-refractivity contribution in [3.63, 3.8) is 0 Å². The topological polar surface area (TPSA) is 48.3 Å². The van der Waals surface area contributed by atoms with Gasteiger partial charge in [0.15, 0.2) is 6.29 Å². The molecule has 0 unspecified atom stereocenters. The van der Waals surface area contributed by atoms with E-state index in [1.54, 1.807) is 18.9 Å². The minimum atomic E-state index is -0.234. The Bertz CT molecular complexity index is 245. The first-order valence-corrected chi connectivity index (χ1v) is 4.05. The summed E-state index contributed by atoms with van der Waals surface area (Å²) >= 11 is 0. The van der Waals surface area contributed by atoms with Gasteiger partial charge >= 0.3 is 0 Å². The number of nitrogens with one attached hydrogen (secondary N) is 1. The van der Waals surface area contributed by atoms with E-state index in [9.17, 15) is 0 Å². The summed E-state index contributed by atoms with van der Waals surface area (Å²) in [5.74, 6) is 0.821. The lowest BCUT2D eigenvalue weighted by Crippen LogP contribution is -2.23. The highest BCUT2D eigenvalue weighted by Crippen LogP contribution is 2.01. The number of nitrogens with zero attached hydrogens (tertiary/aromatic N) is 2. The Morgan fingerprint density at radius 1 is 1.54 bits per heavy atom. The van der Waals surface area contributed by atoms with Crippen LogP contribution in [0.4, 0.5) is 5.82 Å².